The monoisotopic (exact) mass is 376 g/mol. The number of aryl methyl sites for hydroxylation is 1. The number of halogens is 2. The summed E-state index contributed by atoms with van der Waals surface area (Å²) in [6, 6.07) is 11.9. The van der Waals surface area contributed by atoms with Crippen LogP contribution in [0.25, 0.3) is 0 Å². The predicted molar refractivity (Wildman–Crippen MR) is 96.4 cm³/mol. The van der Waals surface area contributed by atoms with E-state index in [0.29, 0.717) is 27.4 Å². The molecule has 1 amide bonds. The largest absolute Gasteiger partial charge is 0.486 e. The number of anilines is 1. The van der Waals surface area contributed by atoms with Gasteiger partial charge in [0.15, 0.2) is 5.76 Å². The molecule has 0 atom stereocenters. The maximum absolute atomic E-state index is 12.1. The van der Waals surface area contributed by atoms with Crippen LogP contribution >= 0.6 is 23.2 Å². The van der Waals surface area contributed by atoms with Crippen LogP contribution < -0.4 is 10.1 Å². The Hall–Kier alpha value is -2.50. The molecule has 0 saturated heterocycles. The second-order valence-corrected chi connectivity index (χ2v) is 6.13. The molecule has 3 rings (SSSR count). The van der Waals surface area contributed by atoms with Gasteiger partial charge >= 0.3 is 0 Å². The average Bonchev–Trinajstić information content (AvgIpc) is 3.07. The highest BCUT2D eigenvalue weighted by atomic mass is 35.5. The third-order valence-corrected chi connectivity index (χ3v) is 4.01. The number of pyridine rings is 1. The zero-order valence-electron chi connectivity index (χ0n) is 13.3. The molecule has 0 unspecified atom stereocenters. The summed E-state index contributed by atoms with van der Waals surface area (Å²) in [7, 11) is 0. The lowest BCUT2D eigenvalue weighted by Gasteiger charge is -2.06. The van der Waals surface area contributed by atoms with Crippen molar-refractivity contribution in [2.75, 3.05) is 5.32 Å². The van der Waals surface area contributed by atoms with Gasteiger partial charge in [0, 0.05) is 11.2 Å². The van der Waals surface area contributed by atoms with Gasteiger partial charge in [0.2, 0.25) is 0 Å². The molecule has 1 N–H and O–H groups in total. The summed E-state index contributed by atoms with van der Waals surface area (Å²) in [5, 5.41) is 3.80. The smallest absolute Gasteiger partial charge is 0.292 e. The van der Waals surface area contributed by atoms with E-state index in [1.165, 1.54) is 6.20 Å². The fraction of sp³-hybridized carbons (Fsp3) is 0.111. The topological polar surface area (TPSA) is 64.4 Å². The van der Waals surface area contributed by atoms with Gasteiger partial charge in [-0.3, -0.25) is 4.79 Å². The van der Waals surface area contributed by atoms with Crippen molar-refractivity contribution in [2.24, 2.45) is 0 Å². The third-order valence-electron chi connectivity index (χ3n) is 3.36. The van der Waals surface area contributed by atoms with Gasteiger partial charge in [-0.25, -0.2) is 4.98 Å². The zero-order valence-corrected chi connectivity index (χ0v) is 14.8. The van der Waals surface area contributed by atoms with Crippen molar-refractivity contribution in [3.8, 4) is 5.75 Å². The number of furan rings is 1. The number of nitrogens with zero attached hydrogens (tertiary/aromatic N) is 1. The molecule has 2 aromatic heterocycles. The fourth-order valence-electron chi connectivity index (χ4n) is 2.07. The molecular formula is C18H14Cl2N2O3. The molecule has 0 radical (unpaired) electrons. The van der Waals surface area contributed by atoms with Crippen LogP contribution in [0, 0.1) is 6.92 Å². The molecular weight excluding hydrogens is 363 g/mol. The third kappa shape index (κ3) is 4.53. The van der Waals surface area contributed by atoms with E-state index >= 15 is 0 Å². The number of carbonyl (C=O) groups is 1. The van der Waals surface area contributed by atoms with E-state index in [1.54, 1.807) is 36.4 Å². The van der Waals surface area contributed by atoms with Gasteiger partial charge < -0.3 is 14.5 Å². The Morgan fingerprint density at radius 2 is 2.04 bits per heavy atom. The predicted octanol–water partition coefficient (Wildman–Crippen LogP) is 5.12. The van der Waals surface area contributed by atoms with Crippen LogP contribution in [0.2, 0.25) is 10.0 Å². The Bertz CT molecular complexity index is 892. The van der Waals surface area contributed by atoms with Gasteiger partial charge in [0.25, 0.3) is 5.91 Å². The maximum atomic E-state index is 12.1. The summed E-state index contributed by atoms with van der Waals surface area (Å²) in [6.45, 7) is 2.10. The average molecular weight is 377 g/mol. The standard InChI is InChI=1S/C18H14Cl2N2O3/c1-11-8-13(3-5-15(11)20)24-10-14-4-6-16(25-14)18(23)22-17-7-2-12(19)9-21-17/h2-9H,10H2,1H3,(H,21,22,23). The summed E-state index contributed by atoms with van der Waals surface area (Å²) in [5.41, 5.74) is 0.925. The first-order valence-electron chi connectivity index (χ1n) is 7.42. The van der Waals surface area contributed by atoms with E-state index in [0.717, 1.165) is 5.56 Å². The van der Waals surface area contributed by atoms with Crippen LogP contribution in [0.3, 0.4) is 0 Å². The Morgan fingerprint density at radius 3 is 2.76 bits per heavy atom. The first kappa shape index (κ1) is 17.3. The molecule has 5 nitrogen and oxygen atoms in total. The minimum atomic E-state index is -0.400. The molecule has 0 aliphatic carbocycles. The van der Waals surface area contributed by atoms with Crippen molar-refractivity contribution in [2.45, 2.75) is 13.5 Å². The molecule has 0 fully saturated rings. The van der Waals surface area contributed by atoms with Crippen molar-refractivity contribution < 1.29 is 13.9 Å². The highest BCUT2D eigenvalue weighted by Gasteiger charge is 2.12. The Morgan fingerprint density at radius 1 is 1.20 bits per heavy atom. The van der Waals surface area contributed by atoms with Crippen LogP contribution in [-0.2, 0) is 6.61 Å². The van der Waals surface area contributed by atoms with Crippen molar-refractivity contribution >= 4 is 34.9 Å². The molecule has 128 valence electrons. The van der Waals surface area contributed by atoms with Gasteiger partial charge in [0.05, 0.1) is 5.02 Å². The fourth-order valence-corrected chi connectivity index (χ4v) is 2.30. The minimum Gasteiger partial charge on any atom is -0.486 e. The number of carbonyl (C=O) groups excluding carboxylic acids is 1. The Labute approximate surface area is 154 Å². The van der Waals surface area contributed by atoms with Crippen molar-refractivity contribution in [3.05, 3.63) is 75.8 Å². The SMILES string of the molecule is Cc1cc(OCc2ccc(C(=O)Nc3ccc(Cl)cn3)o2)ccc1Cl. The molecule has 0 bridgehead atoms. The Balaban J connectivity index is 1.60. The van der Waals surface area contributed by atoms with Gasteiger partial charge in [-0.2, -0.15) is 0 Å². The molecule has 2 heterocycles. The van der Waals surface area contributed by atoms with Gasteiger partial charge in [0.1, 0.15) is 23.9 Å². The lowest BCUT2D eigenvalue weighted by molar-refractivity contribution is 0.0992. The number of ether oxygens (including phenoxy) is 1. The summed E-state index contributed by atoms with van der Waals surface area (Å²) < 4.78 is 11.1. The molecule has 0 aliphatic heterocycles. The van der Waals surface area contributed by atoms with E-state index in [-0.39, 0.29) is 12.4 Å². The lowest BCUT2D eigenvalue weighted by Crippen LogP contribution is -2.11. The quantitative estimate of drug-likeness (QED) is 0.670. The maximum Gasteiger partial charge on any atom is 0.292 e. The van der Waals surface area contributed by atoms with Crippen LogP contribution in [0.15, 0.2) is 53.1 Å². The van der Waals surface area contributed by atoms with E-state index in [4.69, 9.17) is 32.4 Å². The zero-order chi connectivity index (χ0) is 17.8. The Kier molecular flexibility index (Phi) is 5.26. The molecule has 0 saturated carbocycles. The first-order valence-corrected chi connectivity index (χ1v) is 8.17. The van der Waals surface area contributed by atoms with E-state index in [9.17, 15) is 4.79 Å². The highest BCUT2D eigenvalue weighted by Crippen LogP contribution is 2.22. The van der Waals surface area contributed by atoms with Crippen LogP contribution in [0.4, 0.5) is 5.82 Å². The number of nitrogens with one attached hydrogen (secondary N) is 1. The number of aromatic nitrogens is 1. The summed E-state index contributed by atoms with van der Waals surface area (Å²) >= 11 is 11.7. The molecule has 0 aliphatic rings. The molecule has 25 heavy (non-hydrogen) atoms. The number of benzene rings is 1. The summed E-state index contributed by atoms with van der Waals surface area (Å²) in [5.74, 6) is 1.36. The lowest BCUT2D eigenvalue weighted by atomic mass is 10.2. The second kappa shape index (κ2) is 7.59. The minimum absolute atomic E-state index is 0.169. The number of rotatable bonds is 5. The second-order valence-electron chi connectivity index (χ2n) is 5.28. The van der Waals surface area contributed by atoms with Crippen molar-refractivity contribution in [1.82, 2.24) is 4.98 Å². The highest BCUT2D eigenvalue weighted by molar-refractivity contribution is 6.31. The summed E-state index contributed by atoms with van der Waals surface area (Å²) in [4.78, 5) is 16.1. The molecule has 1 aromatic carbocycles. The van der Waals surface area contributed by atoms with E-state index < -0.39 is 5.91 Å². The van der Waals surface area contributed by atoms with Gasteiger partial charge in [-0.05, 0) is 55.0 Å². The number of hydrogen-bond acceptors (Lipinski definition) is 4. The van der Waals surface area contributed by atoms with Crippen molar-refractivity contribution in [1.29, 1.82) is 0 Å². The molecule has 3 aromatic rings. The van der Waals surface area contributed by atoms with Crippen LogP contribution in [0.5, 0.6) is 5.75 Å². The number of hydrogen-bond donors (Lipinski definition) is 1. The van der Waals surface area contributed by atoms with Crippen LogP contribution in [-0.4, -0.2) is 10.9 Å². The van der Waals surface area contributed by atoms with Crippen LogP contribution in [0.1, 0.15) is 21.9 Å². The first-order chi connectivity index (χ1) is 12.0. The van der Waals surface area contributed by atoms with E-state index in [1.807, 2.05) is 13.0 Å². The van der Waals surface area contributed by atoms with Gasteiger partial charge in [-0.15, -0.1) is 0 Å². The van der Waals surface area contributed by atoms with Gasteiger partial charge in [-0.1, -0.05) is 23.2 Å². The summed E-state index contributed by atoms with van der Waals surface area (Å²) in [6.07, 6.45) is 1.45. The normalized spacial score (nSPS) is 10.5. The molecule has 0 spiro atoms. The number of amides is 1. The van der Waals surface area contributed by atoms with Crippen molar-refractivity contribution in [3.63, 3.8) is 0 Å². The molecule has 7 heteroatoms. The van der Waals surface area contributed by atoms with E-state index in [2.05, 4.69) is 10.3 Å².